The maximum atomic E-state index is 12.9. The van der Waals surface area contributed by atoms with Crippen LogP contribution in [0.3, 0.4) is 0 Å². The number of nitrogens with one attached hydrogen (secondary N) is 2. The van der Waals surface area contributed by atoms with Gasteiger partial charge in [-0.1, -0.05) is 24.0 Å². The van der Waals surface area contributed by atoms with Crippen molar-refractivity contribution >= 4 is 23.2 Å². The molecule has 10 heteroatoms. The van der Waals surface area contributed by atoms with Gasteiger partial charge in [-0.25, -0.2) is 14.6 Å². The highest BCUT2D eigenvalue weighted by Crippen LogP contribution is 2.35. The van der Waals surface area contributed by atoms with Gasteiger partial charge in [0.1, 0.15) is 17.0 Å². The Balaban J connectivity index is 1.12. The highest BCUT2D eigenvalue weighted by molar-refractivity contribution is 5.77. The number of likely N-dealkylation sites (tertiary alicyclic amines) is 2. The minimum atomic E-state index is -0.536. The van der Waals surface area contributed by atoms with Gasteiger partial charge in [0.25, 0.3) is 0 Å². The Labute approximate surface area is 282 Å². The molecule has 48 heavy (non-hydrogen) atoms. The number of amides is 2. The molecule has 0 spiro atoms. The van der Waals surface area contributed by atoms with E-state index in [4.69, 9.17) is 14.5 Å². The molecule has 2 aromatic heterocycles. The highest BCUT2D eigenvalue weighted by atomic mass is 16.6. The molecular weight excluding hydrogens is 604 g/mol. The number of aromatic nitrogens is 4. The fraction of sp³-hybridized carbons (Fsp3) is 0.474. The number of ether oxygens (including phenoxy) is 2. The topological polar surface area (TPSA) is 116 Å². The van der Waals surface area contributed by atoms with Crippen LogP contribution in [0.4, 0.5) is 9.59 Å². The Kier molecular flexibility index (Phi) is 8.99. The molecule has 0 radical (unpaired) electrons. The summed E-state index contributed by atoms with van der Waals surface area (Å²) in [6, 6.07) is 15.9. The van der Waals surface area contributed by atoms with Gasteiger partial charge >= 0.3 is 12.2 Å². The monoisotopic (exact) mass is 650 g/mol. The van der Waals surface area contributed by atoms with Crippen LogP contribution in [0.1, 0.15) is 109 Å². The van der Waals surface area contributed by atoms with Crippen molar-refractivity contribution < 1.29 is 19.1 Å². The molecule has 2 fully saturated rings. The van der Waals surface area contributed by atoms with Crippen molar-refractivity contribution in [3.63, 3.8) is 0 Å². The van der Waals surface area contributed by atoms with Gasteiger partial charge in [0, 0.05) is 41.7 Å². The summed E-state index contributed by atoms with van der Waals surface area (Å²) >= 11 is 0. The molecule has 4 heterocycles. The molecule has 3 unspecified atom stereocenters. The van der Waals surface area contributed by atoms with Crippen molar-refractivity contribution in [1.82, 2.24) is 30.0 Å². The molecule has 3 atom stereocenters. The molecule has 2 aliphatic heterocycles. The molecule has 2 N–H and O–H groups in total. The highest BCUT2D eigenvalue weighted by Gasteiger charge is 2.36. The number of carbonyl (C=O) groups excluding carboxylic acids is 2. The molecule has 2 saturated heterocycles. The number of fused-ring (bicyclic) bond motifs is 1. The second-order valence-corrected chi connectivity index (χ2v) is 14.9. The van der Waals surface area contributed by atoms with Crippen LogP contribution in [0, 0.1) is 11.8 Å². The molecule has 0 saturated carbocycles. The predicted molar refractivity (Wildman–Crippen MR) is 185 cm³/mol. The summed E-state index contributed by atoms with van der Waals surface area (Å²) in [6.45, 7) is 14.8. The summed E-state index contributed by atoms with van der Waals surface area (Å²) < 4.78 is 11.3. The van der Waals surface area contributed by atoms with Gasteiger partial charge in [-0.15, -0.1) is 0 Å². The second kappa shape index (κ2) is 13.0. The summed E-state index contributed by atoms with van der Waals surface area (Å²) in [5, 5.41) is 7.69. The quantitative estimate of drug-likeness (QED) is 0.218. The van der Waals surface area contributed by atoms with Crippen LogP contribution in [0.5, 0.6) is 0 Å². The van der Waals surface area contributed by atoms with Crippen LogP contribution in [-0.2, 0) is 9.47 Å². The molecule has 252 valence electrons. The normalized spacial score (nSPS) is 20.0. The third-order valence-electron chi connectivity index (χ3n) is 8.84. The van der Waals surface area contributed by atoms with Gasteiger partial charge in [-0.3, -0.25) is 10.00 Å². The van der Waals surface area contributed by atoms with Crippen molar-refractivity contribution in [2.24, 2.45) is 0 Å². The minimum absolute atomic E-state index is 0.0286. The molecule has 4 aromatic rings. The van der Waals surface area contributed by atoms with E-state index in [0.717, 1.165) is 70.6 Å². The van der Waals surface area contributed by atoms with Crippen molar-refractivity contribution in [2.45, 2.75) is 103 Å². The van der Waals surface area contributed by atoms with Crippen LogP contribution < -0.4 is 0 Å². The van der Waals surface area contributed by atoms with E-state index in [2.05, 4.69) is 33.9 Å². The van der Waals surface area contributed by atoms with Crippen LogP contribution in [0.15, 0.2) is 48.5 Å². The Morgan fingerprint density at radius 1 is 0.833 bits per heavy atom. The zero-order chi connectivity index (χ0) is 34.2. The predicted octanol–water partition coefficient (Wildman–Crippen LogP) is 7.93. The number of aromatic amines is 2. The van der Waals surface area contributed by atoms with Gasteiger partial charge in [-0.05, 0) is 111 Å². The van der Waals surface area contributed by atoms with E-state index in [1.165, 1.54) is 0 Å². The maximum absolute atomic E-state index is 12.9. The Morgan fingerprint density at radius 3 is 2.17 bits per heavy atom. The van der Waals surface area contributed by atoms with Crippen LogP contribution in [0.25, 0.3) is 22.3 Å². The van der Waals surface area contributed by atoms with E-state index in [0.29, 0.717) is 13.1 Å². The molecule has 0 aliphatic carbocycles. The second-order valence-electron chi connectivity index (χ2n) is 14.9. The third kappa shape index (κ3) is 7.51. The minimum Gasteiger partial charge on any atom is -0.444 e. The number of imidazole rings is 1. The van der Waals surface area contributed by atoms with E-state index in [1.54, 1.807) is 4.90 Å². The Morgan fingerprint density at radius 2 is 1.46 bits per heavy atom. The van der Waals surface area contributed by atoms with Gasteiger partial charge in [0.2, 0.25) is 0 Å². The summed E-state index contributed by atoms with van der Waals surface area (Å²) in [5.41, 5.74) is 5.22. The van der Waals surface area contributed by atoms with E-state index in [1.807, 2.05) is 95.0 Å². The number of hydrogen-bond donors (Lipinski definition) is 2. The summed E-state index contributed by atoms with van der Waals surface area (Å²) in [5.74, 6) is 7.55. The zero-order valence-corrected chi connectivity index (χ0v) is 29.0. The average molecular weight is 651 g/mol. The number of benzene rings is 2. The van der Waals surface area contributed by atoms with Crippen molar-refractivity contribution in [3.8, 4) is 23.1 Å². The Hall–Kier alpha value is -4.78. The zero-order valence-electron chi connectivity index (χ0n) is 29.0. The number of piperidine rings is 1. The largest absolute Gasteiger partial charge is 0.444 e. The Bertz CT molecular complexity index is 1850. The lowest BCUT2D eigenvalue weighted by atomic mass is 9.90. The van der Waals surface area contributed by atoms with Gasteiger partial charge in [0.15, 0.2) is 0 Å². The van der Waals surface area contributed by atoms with Gasteiger partial charge in [-0.2, -0.15) is 5.10 Å². The van der Waals surface area contributed by atoms with E-state index in [9.17, 15) is 9.59 Å². The first-order valence-corrected chi connectivity index (χ1v) is 16.9. The molecule has 2 aliphatic rings. The number of H-pyrrole nitrogens is 2. The summed E-state index contributed by atoms with van der Waals surface area (Å²) in [7, 11) is 0. The smallest absolute Gasteiger partial charge is 0.410 e. The molecule has 0 bridgehead atoms. The van der Waals surface area contributed by atoms with Gasteiger partial charge < -0.3 is 19.4 Å². The molecule has 6 rings (SSSR count). The number of rotatable bonds is 3. The van der Waals surface area contributed by atoms with Crippen molar-refractivity contribution in [2.75, 3.05) is 13.1 Å². The van der Waals surface area contributed by atoms with Crippen LogP contribution in [-0.4, -0.2) is 72.5 Å². The summed E-state index contributed by atoms with van der Waals surface area (Å²) in [6.07, 6.45) is 3.08. The van der Waals surface area contributed by atoms with Gasteiger partial charge in [0.05, 0.1) is 28.5 Å². The van der Waals surface area contributed by atoms with Crippen LogP contribution >= 0.6 is 0 Å². The fourth-order valence-electron chi connectivity index (χ4n) is 6.52. The van der Waals surface area contributed by atoms with Crippen LogP contribution in [0.2, 0.25) is 0 Å². The summed E-state index contributed by atoms with van der Waals surface area (Å²) in [4.78, 5) is 37.6. The lowest BCUT2D eigenvalue weighted by Crippen LogP contribution is -2.48. The third-order valence-corrected chi connectivity index (χ3v) is 8.84. The molecule has 2 amide bonds. The van der Waals surface area contributed by atoms with E-state index in [-0.39, 0.29) is 30.2 Å². The lowest BCUT2D eigenvalue weighted by Gasteiger charge is -2.39. The number of carbonyl (C=O) groups is 2. The lowest BCUT2D eigenvalue weighted by molar-refractivity contribution is 0.00848. The number of nitrogens with zero attached hydrogens (tertiary/aromatic N) is 4. The first-order valence-electron chi connectivity index (χ1n) is 16.9. The van der Waals surface area contributed by atoms with Crippen molar-refractivity contribution in [1.29, 1.82) is 0 Å². The number of hydrogen-bond acceptors (Lipinski definition) is 6. The first-order chi connectivity index (χ1) is 22.7. The average Bonchev–Trinajstić information content (AvgIpc) is 3.78. The first kappa shape index (κ1) is 33.1. The van der Waals surface area contributed by atoms with E-state index >= 15 is 0 Å². The SMILES string of the molecule is CC1C(c2nc3ccc(C#Cc4ccc(-c5cc(C6CCCN6C(=O)OC(C)(C)C)[nH]n5)cc4)cc3[nH]2)CCCN1C(=O)OC(C)(C)C. The molecular formula is C38H46N6O4. The van der Waals surface area contributed by atoms with E-state index < -0.39 is 11.2 Å². The maximum Gasteiger partial charge on any atom is 0.410 e. The standard InChI is InChI=1S/C38H46N6O4/c1-24-28(10-8-20-43(24)35(45)47-37(2,3)4)34-39-29-19-16-26(22-31(29)40-34)13-12-25-14-17-27(18-15-25)30-23-32(42-41-30)33-11-9-21-44(33)36(46)48-38(5,6)7/h14-19,22-24,28,33H,8-11,20-21H2,1-7H3,(H,39,40)(H,41,42). The molecule has 10 nitrogen and oxygen atoms in total. The molecule has 2 aromatic carbocycles. The fourth-order valence-corrected chi connectivity index (χ4v) is 6.52. The van der Waals surface area contributed by atoms with Crippen molar-refractivity contribution in [3.05, 3.63) is 71.2 Å².